The van der Waals surface area contributed by atoms with Crippen LogP contribution in [0.3, 0.4) is 0 Å². The third-order valence-corrected chi connectivity index (χ3v) is 3.55. The molecule has 19 heavy (non-hydrogen) atoms. The average molecular weight is 383 g/mol. The Hall–Kier alpha value is -1.46. The molecule has 0 saturated heterocycles. The summed E-state index contributed by atoms with van der Waals surface area (Å²) < 4.78 is 1.87. The summed E-state index contributed by atoms with van der Waals surface area (Å²) in [5.41, 5.74) is 1.92. The molecule has 96 valence electrons. The Bertz CT molecular complexity index is 636. The Morgan fingerprint density at radius 1 is 1.11 bits per heavy atom. The predicted molar refractivity (Wildman–Crippen MR) is 82.5 cm³/mol. The number of hydrogen-bond acceptors (Lipinski definition) is 2. The van der Waals surface area contributed by atoms with Gasteiger partial charge >= 0.3 is 5.97 Å². The number of carbonyl (C=O) groups is 1. The highest BCUT2D eigenvalue weighted by Crippen LogP contribution is 2.28. The lowest BCUT2D eigenvalue weighted by molar-refractivity contribution is 0.0697. The van der Waals surface area contributed by atoms with Gasteiger partial charge in [-0.2, -0.15) is 0 Å². The number of halogens is 2. The molecular formula is C14H9Br2NO2. The average Bonchev–Trinajstić information content (AvgIpc) is 2.38. The van der Waals surface area contributed by atoms with Gasteiger partial charge in [0.15, 0.2) is 0 Å². The fourth-order valence-electron chi connectivity index (χ4n) is 1.44. The molecule has 0 aliphatic heterocycles. The van der Waals surface area contributed by atoms with Gasteiger partial charge in [-0.15, -0.1) is 0 Å². The van der Waals surface area contributed by atoms with E-state index in [4.69, 9.17) is 5.11 Å². The molecule has 0 bridgehead atoms. The lowest BCUT2D eigenvalue weighted by Gasteiger charge is -1.99. The molecule has 2 rings (SSSR count). The summed E-state index contributed by atoms with van der Waals surface area (Å²) in [6.07, 6.45) is 1.69. The van der Waals surface area contributed by atoms with Crippen molar-refractivity contribution in [3.63, 3.8) is 0 Å². The lowest BCUT2D eigenvalue weighted by Crippen LogP contribution is -1.95. The van der Waals surface area contributed by atoms with Crippen molar-refractivity contribution in [2.75, 3.05) is 0 Å². The highest BCUT2D eigenvalue weighted by atomic mass is 79.9. The topological polar surface area (TPSA) is 49.7 Å². The molecule has 0 aromatic heterocycles. The van der Waals surface area contributed by atoms with Gasteiger partial charge in [-0.25, -0.2) is 4.79 Å². The minimum absolute atomic E-state index is 0.266. The second kappa shape index (κ2) is 6.12. The van der Waals surface area contributed by atoms with Crippen LogP contribution in [0.5, 0.6) is 0 Å². The summed E-state index contributed by atoms with van der Waals surface area (Å²) in [5, 5.41) is 8.80. The van der Waals surface area contributed by atoms with Gasteiger partial charge in [0, 0.05) is 15.2 Å². The summed E-state index contributed by atoms with van der Waals surface area (Å²) >= 11 is 6.81. The van der Waals surface area contributed by atoms with Crippen LogP contribution in [0.25, 0.3) is 0 Å². The zero-order valence-corrected chi connectivity index (χ0v) is 12.8. The van der Waals surface area contributed by atoms with E-state index < -0.39 is 5.97 Å². The molecule has 3 nitrogen and oxygen atoms in total. The molecule has 0 spiro atoms. The second-order valence-electron chi connectivity index (χ2n) is 3.78. The van der Waals surface area contributed by atoms with Crippen LogP contribution < -0.4 is 0 Å². The molecule has 0 atom stereocenters. The first-order valence-corrected chi connectivity index (χ1v) is 6.97. The van der Waals surface area contributed by atoms with Crippen molar-refractivity contribution < 1.29 is 9.90 Å². The second-order valence-corrected chi connectivity index (χ2v) is 5.55. The minimum Gasteiger partial charge on any atom is -0.478 e. The van der Waals surface area contributed by atoms with E-state index in [-0.39, 0.29) is 5.56 Å². The maximum absolute atomic E-state index is 10.7. The van der Waals surface area contributed by atoms with Crippen LogP contribution in [0.1, 0.15) is 15.9 Å². The number of nitrogens with zero attached hydrogens (tertiary/aromatic N) is 1. The number of carboxylic acid groups (broad SMARTS) is 1. The van der Waals surface area contributed by atoms with Crippen LogP contribution in [-0.2, 0) is 0 Å². The van der Waals surface area contributed by atoms with E-state index in [9.17, 15) is 4.79 Å². The van der Waals surface area contributed by atoms with Crippen LogP contribution in [-0.4, -0.2) is 17.3 Å². The minimum atomic E-state index is -0.931. The zero-order valence-electron chi connectivity index (χ0n) is 9.68. The quantitative estimate of drug-likeness (QED) is 0.784. The maximum Gasteiger partial charge on any atom is 0.335 e. The van der Waals surface area contributed by atoms with Gasteiger partial charge in [-0.05, 0) is 51.8 Å². The summed E-state index contributed by atoms with van der Waals surface area (Å²) in [6.45, 7) is 0. The highest BCUT2D eigenvalue weighted by Gasteiger charge is 2.01. The smallest absolute Gasteiger partial charge is 0.335 e. The summed E-state index contributed by atoms with van der Waals surface area (Å²) in [6, 6.07) is 12.3. The van der Waals surface area contributed by atoms with Gasteiger partial charge in [-0.1, -0.05) is 28.1 Å². The Balaban J connectivity index is 2.20. The first-order valence-electron chi connectivity index (χ1n) is 5.39. The monoisotopic (exact) mass is 381 g/mol. The Labute approximate surface area is 127 Å². The molecule has 5 heteroatoms. The number of aromatic carboxylic acids is 1. The van der Waals surface area contributed by atoms with Crippen LogP contribution in [0, 0.1) is 0 Å². The van der Waals surface area contributed by atoms with E-state index in [1.165, 1.54) is 0 Å². The number of aliphatic imine (C=N–C) groups is 1. The van der Waals surface area contributed by atoms with Crippen molar-refractivity contribution >= 4 is 49.7 Å². The molecule has 2 aromatic carbocycles. The van der Waals surface area contributed by atoms with Gasteiger partial charge in [0.1, 0.15) is 0 Å². The van der Waals surface area contributed by atoms with Crippen LogP contribution >= 0.6 is 31.9 Å². The first-order chi connectivity index (χ1) is 9.06. The summed E-state index contributed by atoms with van der Waals surface area (Å²) in [5.74, 6) is -0.931. The molecule has 2 aromatic rings. The van der Waals surface area contributed by atoms with Gasteiger partial charge < -0.3 is 5.11 Å². The van der Waals surface area contributed by atoms with E-state index in [0.717, 1.165) is 20.2 Å². The van der Waals surface area contributed by atoms with Crippen molar-refractivity contribution in [2.45, 2.75) is 0 Å². The molecular weight excluding hydrogens is 374 g/mol. The number of carboxylic acids is 1. The molecule has 0 aliphatic rings. The molecule has 0 unspecified atom stereocenters. The lowest BCUT2D eigenvalue weighted by atomic mass is 10.1. The number of benzene rings is 2. The normalized spacial score (nSPS) is 10.8. The SMILES string of the molecule is O=C(O)c1ccc(C=Nc2ccc(Br)cc2Br)cc1. The number of rotatable bonds is 3. The van der Waals surface area contributed by atoms with Gasteiger partial charge in [0.05, 0.1) is 11.3 Å². The van der Waals surface area contributed by atoms with E-state index in [2.05, 4.69) is 36.9 Å². The molecule has 1 N–H and O–H groups in total. The third kappa shape index (κ3) is 3.75. The van der Waals surface area contributed by atoms with Crippen molar-refractivity contribution in [3.05, 3.63) is 62.5 Å². The van der Waals surface area contributed by atoms with Crippen LogP contribution in [0.15, 0.2) is 56.4 Å². The van der Waals surface area contributed by atoms with Crippen molar-refractivity contribution in [2.24, 2.45) is 4.99 Å². The van der Waals surface area contributed by atoms with E-state index in [1.807, 2.05) is 18.2 Å². The third-order valence-electron chi connectivity index (χ3n) is 2.42. The van der Waals surface area contributed by atoms with Crippen molar-refractivity contribution in [1.29, 1.82) is 0 Å². The Kier molecular flexibility index (Phi) is 4.50. The van der Waals surface area contributed by atoms with E-state index >= 15 is 0 Å². The first kappa shape index (κ1) is 14.0. The van der Waals surface area contributed by atoms with Crippen molar-refractivity contribution in [1.82, 2.24) is 0 Å². The van der Waals surface area contributed by atoms with E-state index in [1.54, 1.807) is 30.5 Å². The molecule has 0 heterocycles. The maximum atomic E-state index is 10.7. The van der Waals surface area contributed by atoms with Gasteiger partial charge in [0.2, 0.25) is 0 Å². The Morgan fingerprint density at radius 2 is 1.79 bits per heavy atom. The molecule has 0 aliphatic carbocycles. The van der Waals surface area contributed by atoms with Crippen LogP contribution in [0.4, 0.5) is 5.69 Å². The summed E-state index contributed by atoms with van der Waals surface area (Å²) in [4.78, 5) is 15.1. The molecule has 0 amide bonds. The summed E-state index contributed by atoms with van der Waals surface area (Å²) in [7, 11) is 0. The fraction of sp³-hybridized carbons (Fsp3) is 0. The fourth-order valence-corrected chi connectivity index (χ4v) is 2.59. The highest BCUT2D eigenvalue weighted by molar-refractivity contribution is 9.11. The molecule has 0 radical (unpaired) electrons. The van der Waals surface area contributed by atoms with Crippen LogP contribution in [0.2, 0.25) is 0 Å². The van der Waals surface area contributed by atoms with Gasteiger partial charge in [-0.3, -0.25) is 4.99 Å². The number of hydrogen-bond donors (Lipinski definition) is 1. The molecule has 0 fully saturated rings. The predicted octanol–water partition coefficient (Wildman–Crippen LogP) is 4.66. The van der Waals surface area contributed by atoms with E-state index in [0.29, 0.717) is 0 Å². The van der Waals surface area contributed by atoms with Gasteiger partial charge in [0.25, 0.3) is 0 Å². The molecule has 0 saturated carbocycles. The largest absolute Gasteiger partial charge is 0.478 e. The van der Waals surface area contributed by atoms with Crippen molar-refractivity contribution in [3.8, 4) is 0 Å². The Morgan fingerprint density at radius 3 is 2.37 bits per heavy atom. The standard InChI is InChI=1S/C14H9Br2NO2/c15-11-5-6-13(12(16)7-11)17-8-9-1-3-10(4-2-9)14(18)19/h1-8H,(H,18,19). The zero-order chi connectivity index (χ0) is 13.8.